The first-order valence-electron chi connectivity index (χ1n) is 8.65. The number of ketones is 1. The van der Waals surface area contributed by atoms with Crippen LogP contribution in [0.4, 0.5) is 4.39 Å². The smallest absolute Gasteiger partial charge is 0.196 e. The van der Waals surface area contributed by atoms with Crippen LogP contribution in [-0.2, 0) is 0 Å². The van der Waals surface area contributed by atoms with Gasteiger partial charge in [0.1, 0.15) is 5.82 Å². The fourth-order valence-electron chi connectivity index (χ4n) is 2.72. The van der Waals surface area contributed by atoms with Gasteiger partial charge in [0.25, 0.3) is 0 Å². The summed E-state index contributed by atoms with van der Waals surface area (Å²) >= 11 is 4.73. The maximum absolute atomic E-state index is 13.1. The monoisotopic (exact) mass is 468 g/mol. The second-order valence-corrected chi connectivity index (χ2v) is 7.93. The predicted octanol–water partition coefficient (Wildman–Crippen LogP) is 5.21. The Morgan fingerprint density at radius 1 is 0.966 bits per heavy atom. The van der Waals surface area contributed by atoms with E-state index in [2.05, 4.69) is 31.1 Å². The van der Waals surface area contributed by atoms with Crippen LogP contribution in [0.5, 0.6) is 0 Å². The molecule has 4 aromatic rings. The lowest BCUT2D eigenvalue weighted by Crippen LogP contribution is -2.05. The molecule has 0 spiro atoms. The van der Waals surface area contributed by atoms with Gasteiger partial charge in [0.15, 0.2) is 16.8 Å². The van der Waals surface area contributed by atoms with Crippen molar-refractivity contribution >= 4 is 33.5 Å². The molecule has 0 amide bonds. The third kappa shape index (κ3) is 4.44. The molecule has 4 rings (SSSR count). The van der Waals surface area contributed by atoms with Gasteiger partial charge >= 0.3 is 0 Å². The molecule has 29 heavy (non-hydrogen) atoms. The summed E-state index contributed by atoms with van der Waals surface area (Å²) in [6.07, 6.45) is 3.39. The molecular weight excluding hydrogens is 455 g/mol. The fourth-order valence-corrected chi connectivity index (χ4v) is 3.83. The Labute approximate surface area is 179 Å². The van der Waals surface area contributed by atoms with Gasteiger partial charge in [0.05, 0.1) is 5.75 Å². The van der Waals surface area contributed by atoms with Crippen molar-refractivity contribution in [3.63, 3.8) is 0 Å². The highest BCUT2D eigenvalue weighted by Crippen LogP contribution is 2.28. The highest BCUT2D eigenvalue weighted by Gasteiger charge is 2.18. The van der Waals surface area contributed by atoms with Crippen LogP contribution in [0.1, 0.15) is 10.4 Å². The molecule has 0 radical (unpaired) electrons. The number of hydrogen-bond donors (Lipinski definition) is 0. The molecule has 0 saturated carbocycles. The molecule has 8 heteroatoms. The van der Waals surface area contributed by atoms with E-state index in [1.165, 1.54) is 36.0 Å². The molecular formula is C21H14BrFN4OS. The average Bonchev–Trinajstić information content (AvgIpc) is 3.17. The lowest BCUT2D eigenvalue weighted by Gasteiger charge is -2.10. The molecule has 0 unspecified atom stereocenters. The van der Waals surface area contributed by atoms with Crippen molar-refractivity contribution in [1.82, 2.24) is 19.7 Å². The Bertz CT molecular complexity index is 1130. The third-order valence-corrected chi connectivity index (χ3v) is 5.61. The first-order chi connectivity index (χ1) is 14.1. The summed E-state index contributed by atoms with van der Waals surface area (Å²) in [5, 5.41) is 9.23. The number of rotatable bonds is 6. The van der Waals surface area contributed by atoms with E-state index in [-0.39, 0.29) is 17.4 Å². The summed E-state index contributed by atoms with van der Waals surface area (Å²) in [6.45, 7) is 0. The molecule has 2 aromatic heterocycles. The largest absolute Gasteiger partial charge is 0.293 e. The van der Waals surface area contributed by atoms with Gasteiger partial charge in [-0.1, -0.05) is 27.7 Å². The second kappa shape index (κ2) is 8.67. The molecule has 0 fully saturated rings. The minimum absolute atomic E-state index is 0.106. The minimum atomic E-state index is -0.369. The van der Waals surface area contributed by atoms with Crippen molar-refractivity contribution in [2.24, 2.45) is 0 Å². The van der Waals surface area contributed by atoms with Gasteiger partial charge in [-0.15, -0.1) is 10.2 Å². The molecule has 0 aliphatic carbocycles. The van der Waals surface area contributed by atoms with Crippen LogP contribution in [0.25, 0.3) is 17.1 Å². The summed E-state index contributed by atoms with van der Waals surface area (Å²) in [5.41, 5.74) is 2.21. The topological polar surface area (TPSA) is 60.7 Å². The van der Waals surface area contributed by atoms with Gasteiger partial charge < -0.3 is 0 Å². The number of carbonyl (C=O) groups is 1. The van der Waals surface area contributed by atoms with Crippen LogP contribution < -0.4 is 0 Å². The predicted molar refractivity (Wildman–Crippen MR) is 114 cm³/mol. The summed E-state index contributed by atoms with van der Waals surface area (Å²) in [5.74, 6) is 0.347. The van der Waals surface area contributed by atoms with Gasteiger partial charge in [-0.3, -0.25) is 14.3 Å². The highest BCUT2D eigenvalue weighted by molar-refractivity contribution is 9.10. The van der Waals surface area contributed by atoms with Crippen LogP contribution >= 0.6 is 27.7 Å². The molecule has 0 aliphatic heterocycles. The Morgan fingerprint density at radius 3 is 2.34 bits per heavy atom. The number of carbonyl (C=O) groups excluding carboxylic acids is 1. The standard InChI is InChI=1S/C21H14BrFN4OS/c22-16-3-7-18(8-4-16)27-20(15-9-11-24-12-10-15)25-26-21(27)29-13-19(28)14-1-5-17(23)6-2-14/h1-12H,13H2. The van der Waals surface area contributed by atoms with Gasteiger partial charge in [-0.25, -0.2) is 4.39 Å². The van der Waals surface area contributed by atoms with Crippen LogP contribution in [0, 0.1) is 5.82 Å². The first kappa shape index (κ1) is 19.5. The van der Waals surface area contributed by atoms with Gasteiger partial charge in [-0.05, 0) is 60.7 Å². The molecule has 5 nitrogen and oxygen atoms in total. The number of hydrogen-bond acceptors (Lipinski definition) is 5. The van der Waals surface area contributed by atoms with Crippen molar-refractivity contribution in [2.75, 3.05) is 5.75 Å². The van der Waals surface area contributed by atoms with Crippen LogP contribution in [0.2, 0.25) is 0 Å². The maximum atomic E-state index is 13.1. The summed E-state index contributed by atoms with van der Waals surface area (Å²) < 4.78 is 16.0. The number of halogens is 2. The van der Waals surface area contributed by atoms with Crippen molar-refractivity contribution in [3.8, 4) is 17.1 Å². The molecule has 144 valence electrons. The molecule has 0 saturated heterocycles. The second-order valence-electron chi connectivity index (χ2n) is 6.07. The number of thioether (sulfide) groups is 1. The van der Waals surface area contributed by atoms with E-state index in [4.69, 9.17) is 0 Å². The van der Waals surface area contributed by atoms with Gasteiger partial charge in [-0.2, -0.15) is 0 Å². The van der Waals surface area contributed by atoms with Crippen LogP contribution in [0.15, 0.2) is 82.7 Å². The number of benzene rings is 2. The molecule has 0 N–H and O–H groups in total. The number of aromatic nitrogens is 4. The number of nitrogens with zero attached hydrogens (tertiary/aromatic N) is 4. The van der Waals surface area contributed by atoms with E-state index in [0.29, 0.717) is 16.5 Å². The zero-order valence-electron chi connectivity index (χ0n) is 15.0. The quantitative estimate of drug-likeness (QED) is 0.287. The SMILES string of the molecule is O=C(CSc1nnc(-c2ccncc2)n1-c1ccc(Br)cc1)c1ccc(F)cc1. The lowest BCUT2D eigenvalue weighted by molar-refractivity contribution is 0.102. The van der Waals surface area contributed by atoms with Crippen molar-refractivity contribution in [3.05, 3.63) is 88.9 Å². The summed E-state index contributed by atoms with van der Waals surface area (Å²) in [6, 6.07) is 17.0. The first-order valence-corrected chi connectivity index (χ1v) is 10.4. The molecule has 0 aliphatic rings. The lowest BCUT2D eigenvalue weighted by atomic mass is 10.1. The molecule has 2 heterocycles. The average molecular weight is 469 g/mol. The van der Waals surface area contributed by atoms with Crippen LogP contribution in [0.3, 0.4) is 0 Å². The zero-order valence-corrected chi connectivity index (χ0v) is 17.4. The summed E-state index contributed by atoms with van der Waals surface area (Å²) in [7, 11) is 0. The fraction of sp³-hybridized carbons (Fsp3) is 0.0476. The zero-order chi connectivity index (χ0) is 20.2. The maximum Gasteiger partial charge on any atom is 0.196 e. The van der Waals surface area contributed by atoms with E-state index in [1.54, 1.807) is 12.4 Å². The van der Waals surface area contributed by atoms with Crippen molar-refractivity contribution in [1.29, 1.82) is 0 Å². The van der Waals surface area contributed by atoms with Crippen LogP contribution in [-0.4, -0.2) is 31.3 Å². The number of pyridine rings is 1. The Balaban J connectivity index is 1.66. The van der Waals surface area contributed by atoms with Gasteiger partial charge in [0, 0.05) is 33.7 Å². The van der Waals surface area contributed by atoms with E-state index >= 15 is 0 Å². The minimum Gasteiger partial charge on any atom is -0.293 e. The Kier molecular flexibility index (Phi) is 5.82. The van der Waals surface area contributed by atoms with E-state index in [0.717, 1.165) is 15.7 Å². The van der Waals surface area contributed by atoms with E-state index < -0.39 is 0 Å². The third-order valence-electron chi connectivity index (χ3n) is 4.16. The van der Waals surface area contributed by atoms with E-state index in [1.807, 2.05) is 41.0 Å². The Morgan fingerprint density at radius 2 is 1.66 bits per heavy atom. The van der Waals surface area contributed by atoms with E-state index in [9.17, 15) is 9.18 Å². The van der Waals surface area contributed by atoms with Crippen molar-refractivity contribution < 1.29 is 9.18 Å². The molecule has 2 aromatic carbocycles. The van der Waals surface area contributed by atoms with Crippen molar-refractivity contribution in [2.45, 2.75) is 5.16 Å². The summed E-state index contributed by atoms with van der Waals surface area (Å²) in [4.78, 5) is 16.5. The Hall–Kier alpha value is -2.84. The normalized spacial score (nSPS) is 10.8. The number of Topliss-reactive ketones (excluding diaryl/α,β-unsaturated/α-hetero) is 1. The molecule has 0 atom stereocenters. The van der Waals surface area contributed by atoms with Gasteiger partial charge in [0.2, 0.25) is 0 Å². The highest BCUT2D eigenvalue weighted by atomic mass is 79.9. The molecule has 0 bridgehead atoms.